The molecule has 102 valence electrons. The van der Waals surface area contributed by atoms with E-state index in [-0.39, 0.29) is 12.1 Å². The van der Waals surface area contributed by atoms with Crippen LogP contribution in [0.15, 0.2) is 12.3 Å². The number of hydrogen-bond donors (Lipinski definition) is 1. The molecule has 0 aliphatic carbocycles. The lowest BCUT2D eigenvalue weighted by Crippen LogP contribution is -2.52. The van der Waals surface area contributed by atoms with E-state index in [4.69, 9.17) is 10.00 Å². The molecule has 2 heterocycles. The van der Waals surface area contributed by atoms with Crippen LogP contribution in [0.3, 0.4) is 0 Å². The van der Waals surface area contributed by atoms with E-state index in [0.29, 0.717) is 18.9 Å². The van der Waals surface area contributed by atoms with E-state index in [1.807, 2.05) is 27.0 Å². The van der Waals surface area contributed by atoms with E-state index in [2.05, 4.69) is 10.4 Å². The van der Waals surface area contributed by atoms with Crippen molar-refractivity contribution in [1.82, 2.24) is 14.7 Å². The molecule has 0 spiro atoms. The predicted octanol–water partition coefficient (Wildman–Crippen LogP) is 1.57. The first kappa shape index (κ1) is 13.2. The fraction of sp³-hybridized carbons (Fsp3) is 0.583. The van der Waals surface area contributed by atoms with Crippen molar-refractivity contribution in [3.8, 4) is 6.19 Å². The quantitative estimate of drug-likeness (QED) is 0.646. The Kier molecular flexibility index (Phi) is 3.34. The van der Waals surface area contributed by atoms with Gasteiger partial charge in [-0.25, -0.2) is 9.48 Å². The van der Waals surface area contributed by atoms with Crippen LogP contribution in [0.2, 0.25) is 0 Å². The van der Waals surface area contributed by atoms with Crippen molar-refractivity contribution >= 4 is 11.9 Å². The maximum Gasteiger partial charge on any atom is 0.410 e. The number of nitrogens with zero attached hydrogens (tertiary/aromatic N) is 4. The number of hydrogen-bond acceptors (Lipinski definition) is 5. The van der Waals surface area contributed by atoms with Gasteiger partial charge in [0.05, 0.1) is 12.2 Å². The maximum absolute atomic E-state index is 11.8. The molecule has 1 N–H and O–H groups in total. The molecule has 1 aromatic heterocycles. The summed E-state index contributed by atoms with van der Waals surface area (Å²) in [5.74, 6) is 0.635. The molecule has 0 aromatic carbocycles. The Morgan fingerprint density at radius 1 is 1.58 bits per heavy atom. The Morgan fingerprint density at radius 2 is 2.26 bits per heavy atom. The molecule has 1 aromatic rings. The van der Waals surface area contributed by atoms with E-state index >= 15 is 0 Å². The first-order valence-corrected chi connectivity index (χ1v) is 6.07. The topological polar surface area (TPSA) is 83.2 Å². The monoisotopic (exact) mass is 263 g/mol. The van der Waals surface area contributed by atoms with Gasteiger partial charge in [0, 0.05) is 19.2 Å². The highest BCUT2D eigenvalue weighted by molar-refractivity contribution is 5.69. The largest absolute Gasteiger partial charge is 0.444 e. The van der Waals surface area contributed by atoms with Crippen molar-refractivity contribution in [2.75, 3.05) is 18.4 Å². The molecular weight excluding hydrogens is 246 g/mol. The van der Waals surface area contributed by atoms with Gasteiger partial charge in [-0.15, -0.1) is 0 Å². The molecule has 0 unspecified atom stereocenters. The Hall–Kier alpha value is -2.23. The van der Waals surface area contributed by atoms with Crippen LogP contribution in [-0.4, -0.2) is 39.5 Å². The second-order valence-corrected chi connectivity index (χ2v) is 5.44. The molecule has 19 heavy (non-hydrogen) atoms. The van der Waals surface area contributed by atoms with Gasteiger partial charge >= 0.3 is 6.09 Å². The van der Waals surface area contributed by atoms with Gasteiger partial charge in [0.25, 0.3) is 0 Å². The van der Waals surface area contributed by atoms with Gasteiger partial charge in [-0.3, -0.25) is 5.32 Å². The third-order valence-corrected chi connectivity index (χ3v) is 2.71. The number of amides is 1. The van der Waals surface area contributed by atoms with Gasteiger partial charge in [0.15, 0.2) is 6.19 Å². The molecule has 0 saturated carbocycles. The van der Waals surface area contributed by atoms with Crippen LogP contribution in [0.25, 0.3) is 0 Å². The number of carbonyl (C=O) groups is 1. The fourth-order valence-corrected chi connectivity index (χ4v) is 1.85. The lowest BCUT2D eigenvalue weighted by Gasteiger charge is -2.40. The predicted molar refractivity (Wildman–Crippen MR) is 68.3 cm³/mol. The van der Waals surface area contributed by atoms with Crippen LogP contribution in [0.5, 0.6) is 0 Å². The molecule has 7 nitrogen and oxygen atoms in total. The molecule has 2 rings (SSSR count). The zero-order chi connectivity index (χ0) is 14.0. The molecule has 0 radical (unpaired) electrons. The molecule has 1 fully saturated rings. The van der Waals surface area contributed by atoms with Crippen molar-refractivity contribution in [3.63, 3.8) is 0 Å². The summed E-state index contributed by atoms with van der Waals surface area (Å²) >= 11 is 0. The van der Waals surface area contributed by atoms with Crippen LogP contribution in [-0.2, 0) is 4.74 Å². The van der Waals surface area contributed by atoms with Gasteiger partial charge < -0.3 is 9.64 Å². The lowest BCUT2D eigenvalue weighted by atomic mass is 10.1. The highest BCUT2D eigenvalue weighted by Gasteiger charge is 2.35. The standard InChI is InChI=1S/C12H17N5O2/c1-12(2,3)19-11(18)16-6-9(7-16)17-10(14-8-13)4-5-15-17/h4-5,9,14H,6-7H2,1-3H3. The minimum atomic E-state index is -0.485. The van der Waals surface area contributed by atoms with Crippen LogP contribution in [0, 0.1) is 11.5 Å². The Balaban J connectivity index is 1.91. The van der Waals surface area contributed by atoms with E-state index < -0.39 is 5.60 Å². The highest BCUT2D eigenvalue weighted by Crippen LogP contribution is 2.25. The van der Waals surface area contributed by atoms with Crippen molar-refractivity contribution in [2.45, 2.75) is 32.4 Å². The number of anilines is 1. The third-order valence-electron chi connectivity index (χ3n) is 2.71. The second kappa shape index (κ2) is 4.80. The van der Waals surface area contributed by atoms with Gasteiger partial charge in [0.1, 0.15) is 11.4 Å². The summed E-state index contributed by atoms with van der Waals surface area (Å²) < 4.78 is 6.99. The molecule has 0 bridgehead atoms. The molecule has 1 saturated heterocycles. The summed E-state index contributed by atoms with van der Waals surface area (Å²) in [6.45, 7) is 6.59. The number of nitrogens with one attached hydrogen (secondary N) is 1. The Labute approximate surface area is 111 Å². The summed E-state index contributed by atoms with van der Waals surface area (Å²) in [5.41, 5.74) is -0.485. The van der Waals surface area contributed by atoms with Crippen molar-refractivity contribution in [2.24, 2.45) is 0 Å². The zero-order valence-electron chi connectivity index (χ0n) is 11.3. The van der Waals surface area contributed by atoms with Gasteiger partial charge in [-0.1, -0.05) is 0 Å². The third kappa shape index (κ3) is 2.96. The smallest absolute Gasteiger partial charge is 0.410 e. The molecular formula is C12H17N5O2. The van der Waals surface area contributed by atoms with E-state index in [9.17, 15) is 4.79 Å². The molecule has 1 aliphatic rings. The number of rotatable bonds is 2. The van der Waals surface area contributed by atoms with Crippen molar-refractivity contribution < 1.29 is 9.53 Å². The summed E-state index contributed by atoms with van der Waals surface area (Å²) in [5, 5.41) is 15.3. The van der Waals surface area contributed by atoms with Gasteiger partial charge in [0.2, 0.25) is 0 Å². The van der Waals surface area contributed by atoms with Crippen molar-refractivity contribution in [3.05, 3.63) is 12.3 Å². The number of nitriles is 1. The van der Waals surface area contributed by atoms with Crippen molar-refractivity contribution in [1.29, 1.82) is 5.26 Å². The van der Waals surface area contributed by atoms with Crippen LogP contribution >= 0.6 is 0 Å². The zero-order valence-corrected chi connectivity index (χ0v) is 11.3. The Morgan fingerprint density at radius 3 is 2.84 bits per heavy atom. The average Bonchev–Trinajstić information content (AvgIpc) is 2.62. The lowest BCUT2D eigenvalue weighted by molar-refractivity contribution is -0.000120. The normalized spacial score (nSPS) is 15.6. The summed E-state index contributed by atoms with van der Waals surface area (Å²) in [6, 6.07) is 1.80. The second-order valence-electron chi connectivity index (χ2n) is 5.44. The molecule has 0 atom stereocenters. The average molecular weight is 263 g/mol. The molecule has 1 amide bonds. The maximum atomic E-state index is 11.8. The van der Waals surface area contributed by atoms with Gasteiger partial charge in [-0.05, 0) is 20.8 Å². The van der Waals surface area contributed by atoms with Crippen LogP contribution in [0.4, 0.5) is 10.6 Å². The van der Waals surface area contributed by atoms with Crippen LogP contribution in [0.1, 0.15) is 26.8 Å². The van der Waals surface area contributed by atoms with Gasteiger partial charge in [-0.2, -0.15) is 10.4 Å². The van der Waals surface area contributed by atoms with E-state index in [0.717, 1.165) is 0 Å². The molecule has 1 aliphatic heterocycles. The minimum absolute atomic E-state index is 0.0818. The summed E-state index contributed by atoms with van der Waals surface area (Å²) in [4.78, 5) is 13.4. The molecule has 7 heteroatoms. The summed E-state index contributed by atoms with van der Waals surface area (Å²) in [6.07, 6.45) is 3.17. The number of likely N-dealkylation sites (tertiary alicyclic amines) is 1. The van der Waals surface area contributed by atoms with Crippen LogP contribution < -0.4 is 5.32 Å². The van der Waals surface area contributed by atoms with E-state index in [1.165, 1.54) is 0 Å². The first-order valence-electron chi connectivity index (χ1n) is 6.07. The highest BCUT2D eigenvalue weighted by atomic mass is 16.6. The number of ether oxygens (including phenoxy) is 1. The fourth-order valence-electron chi connectivity index (χ4n) is 1.85. The SMILES string of the molecule is CC(C)(C)OC(=O)N1CC(n2nccc2NC#N)C1. The minimum Gasteiger partial charge on any atom is -0.444 e. The van der Waals surface area contributed by atoms with E-state index in [1.54, 1.807) is 21.8 Å². The summed E-state index contributed by atoms with van der Waals surface area (Å²) in [7, 11) is 0. The first-order chi connectivity index (χ1) is 8.90. The number of carbonyl (C=O) groups excluding carboxylic acids is 1. The Bertz CT molecular complexity index is 505. The number of aromatic nitrogens is 2.